The molecule has 19 heteroatoms. The number of phosphoric ester groups is 2. The summed E-state index contributed by atoms with van der Waals surface area (Å²) in [7, 11) is -9.90. The summed E-state index contributed by atoms with van der Waals surface area (Å²) in [5.41, 5.74) is 0. The lowest BCUT2D eigenvalue weighted by Crippen LogP contribution is -2.30. The molecule has 0 rings (SSSR count). The highest BCUT2D eigenvalue weighted by Crippen LogP contribution is 2.45. The van der Waals surface area contributed by atoms with Gasteiger partial charge in [-0.05, 0) is 49.4 Å². The molecule has 3 N–H and O–H groups in total. The average Bonchev–Trinajstić information content (AvgIpc) is 3.66. The minimum absolute atomic E-state index is 0.102. The van der Waals surface area contributed by atoms with Gasteiger partial charge in [-0.25, -0.2) is 9.13 Å². The number of unbranched alkanes of at least 4 members (excludes halogenated alkanes) is 28. The number of aliphatic hydroxyl groups excluding tert-OH is 1. The predicted octanol–water partition coefficient (Wildman–Crippen LogP) is 18.5. The predicted molar refractivity (Wildman–Crippen MR) is 344 cm³/mol. The minimum Gasteiger partial charge on any atom is -0.462 e. The standard InChI is InChI=1S/C67H130O17P2/c1-9-59(7)45-37-29-21-15-11-12-16-22-31-39-47-64(69)77-54-63(84-67(72)50-42-34-26-25-30-38-46-60(8)10-2)56-82-86(75,76)80-52-61(68)51-79-85(73,74)81-55-62(53-78-65(70)48-40-32-24-18-20-28-36-44-58(5)6)83-66(71)49-41-33-23-17-13-14-19-27-35-43-57(3)4/h57-63,68H,9-56H2,1-8H3,(H,73,74)(H,75,76)/t59?,60?,61?,62-,63-/m1/s1. The van der Waals surface area contributed by atoms with Crippen molar-refractivity contribution in [2.24, 2.45) is 23.7 Å². The Labute approximate surface area is 524 Å². The van der Waals surface area contributed by atoms with Crippen LogP contribution in [0, 0.1) is 23.7 Å². The zero-order valence-electron chi connectivity index (χ0n) is 55.9. The van der Waals surface area contributed by atoms with Crippen molar-refractivity contribution in [3.8, 4) is 0 Å². The summed E-state index contributed by atoms with van der Waals surface area (Å²) in [6.45, 7) is 14.0. The van der Waals surface area contributed by atoms with Crippen molar-refractivity contribution >= 4 is 39.5 Å². The van der Waals surface area contributed by atoms with Gasteiger partial charge in [-0.3, -0.25) is 37.3 Å². The van der Waals surface area contributed by atoms with Crippen LogP contribution in [0.3, 0.4) is 0 Å². The van der Waals surface area contributed by atoms with Gasteiger partial charge in [0.05, 0.1) is 26.4 Å². The van der Waals surface area contributed by atoms with Crippen LogP contribution in [-0.4, -0.2) is 96.7 Å². The summed E-state index contributed by atoms with van der Waals surface area (Å²) < 4.78 is 68.1. The van der Waals surface area contributed by atoms with Gasteiger partial charge >= 0.3 is 39.5 Å². The van der Waals surface area contributed by atoms with Crippen LogP contribution >= 0.6 is 15.6 Å². The number of phosphoric acid groups is 2. The van der Waals surface area contributed by atoms with Crippen LogP contribution in [0.4, 0.5) is 0 Å². The fourth-order valence-corrected chi connectivity index (χ4v) is 11.5. The first-order chi connectivity index (χ1) is 41.2. The van der Waals surface area contributed by atoms with Crippen molar-refractivity contribution < 1.29 is 80.2 Å². The third-order valence-corrected chi connectivity index (χ3v) is 17.9. The molecule has 0 aromatic heterocycles. The van der Waals surface area contributed by atoms with Crippen molar-refractivity contribution in [1.29, 1.82) is 0 Å². The zero-order valence-corrected chi connectivity index (χ0v) is 57.7. The van der Waals surface area contributed by atoms with E-state index in [-0.39, 0.29) is 25.7 Å². The van der Waals surface area contributed by atoms with Crippen LogP contribution in [0.5, 0.6) is 0 Å². The lowest BCUT2D eigenvalue weighted by Gasteiger charge is -2.21. The van der Waals surface area contributed by atoms with Gasteiger partial charge in [-0.1, -0.05) is 274 Å². The molecule has 0 aliphatic rings. The molecule has 7 atom stereocenters. The lowest BCUT2D eigenvalue weighted by atomic mass is 9.99. The fourth-order valence-electron chi connectivity index (χ4n) is 9.89. The Morgan fingerprint density at radius 1 is 0.326 bits per heavy atom. The van der Waals surface area contributed by atoms with Crippen LogP contribution in [0.1, 0.15) is 325 Å². The van der Waals surface area contributed by atoms with Crippen LogP contribution in [0.2, 0.25) is 0 Å². The van der Waals surface area contributed by atoms with E-state index in [0.717, 1.165) is 114 Å². The highest BCUT2D eigenvalue weighted by Gasteiger charge is 2.30. The molecular formula is C67H130O17P2. The third kappa shape index (κ3) is 58.4. The maximum atomic E-state index is 13.0. The number of esters is 4. The number of rotatable bonds is 64. The molecule has 510 valence electrons. The maximum absolute atomic E-state index is 13.0. The zero-order chi connectivity index (χ0) is 63.9. The number of carbonyl (C=O) groups is 4. The summed E-state index contributed by atoms with van der Waals surface area (Å²) in [5.74, 6) is 0.834. The molecule has 0 radical (unpaired) electrons. The fraction of sp³-hybridized carbons (Fsp3) is 0.940. The Kier molecular flexibility index (Phi) is 55.7. The Hall–Kier alpha value is -1.94. The first-order valence-corrected chi connectivity index (χ1v) is 37.8. The van der Waals surface area contributed by atoms with Crippen molar-refractivity contribution in [1.82, 2.24) is 0 Å². The van der Waals surface area contributed by atoms with Crippen molar-refractivity contribution in [3.63, 3.8) is 0 Å². The van der Waals surface area contributed by atoms with E-state index in [0.29, 0.717) is 31.6 Å². The van der Waals surface area contributed by atoms with E-state index in [1.165, 1.54) is 122 Å². The maximum Gasteiger partial charge on any atom is 0.472 e. The van der Waals surface area contributed by atoms with Crippen molar-refractivity contribution in [2.45, 2.75) is 343 Å². The second-order valence-electron chi connectivity index (χ2n) is 25.6. The number of aliphatic hydroxyl groups is 1. The van der Waals surface area contributed by atoms with Gasteiger partial charge < -0.3 is 33.8 Å². The van der Waals surface area contributed by atoms with E-state index in [1.54, 1.807) is 0 Å². The first kappa shape index (κ1) is 84.1. The van der Waals surface area contributed by atoms with E-state index >= 15 is 0 Å². The quantitative estimate of drug-likeness (QED) is 0.0222. The highest BCUT2D eigenvalue weighted by atomic mass is 31.2. The largest absolute Gasteiger partial charge is 0.472 e. The summed E-state index contributed by atoms with van der Waals surface area (Å²) in [5, 5.41) is 10.6. The SMILES string of the molecule is CCC(C)CCCCCCCCCCCCC(=O)OC[C@H](COP(=O)(O)OCC(O)COP(=O)(O)OC[C@@H](COC(=O)CCCCCCCCCC(C)C)OC(=O)CCCCCCCCCCCC(C)C)OC(=O)CCCCCCCCC(C)CC. The van der Waals surface area contributed by atoms with Gasteiger partial charge in [-0.15, -0.1) is 0 Å². The van der Waals surface area contributed by atoms with Crippen molar-refractivity contribution in [3.05, 3.63) is 0 Å². The molecule has 0 saturated carbocycles. The number of ether oxygens (including phenoxy) is 4. The topological polar surface area (TPSA) is 237 Å². The van der Waals surface area contributed by atoms with E-state index in [4.69, 9.17) is 37.0 Å². The molecule has 0 bridgehead atoms. The van der Waals surface area contributed by atoms with Gasteiger partial charge in [0, 0.05) is 25.7 Å². The van der Waals surface area contributed by atoms with E-state index in [9.17, 15) is 43.2 Å². The molecular weight excluding hydrogens is 1140 g/mol. The molecule has 0 amide bonds. The van der Waals surface area contributed by atoms with E-state index in [1.807, 2.05) is 0 Å². The summed E-state index contributed by atoms with van der Waals surface area (Å²) in [4.78, 5) is 72.4. The van der Waals surface area contributed by atoms with E-state index < -0.39 is 97.5 Å². The molecule has 0 aliphatic heterocycles. The molecule has 0 saturated heterocycles. The molecule has 0 heterocycles. The second-order valence-corrected chi connectivity index (χ2v) is 28.6. The Bertz CT molecular complexity index is 1720. The molecule has 86 heavy (non-hydrogen) atoms. The Morgan fingerprint density at radius 3 is 0.826 bits per heavy atom. The first-order valence-electron chi connectivity index (χ1n) is 34.8. The Balaban J connectivity index is 5.25. The Morgan fingerprint density at radius 2 is 0.558 bits per heavy atom. The molecule has 0 aromatic rings. The highest BCUT2D eigenvalue weighted by molar-refractivity contribution is 7.47. The summed E-state index contributed by atoms with van der Waals surface area (Å²) >= 11 is 0. The molecule has 0 aliphatic carbocycles. The third-order valence-electron chi connectivity index (χ3n) is 16.0. The van der Waals surface area contributed by atoms with Gasteiger partial charge in [0.1, 0.15) is 19.3 Å². The molecule has 0 spiro atoms. The van der Waals surface area contributed by atoms with Crippen molar-refractivity contribution in [2.75, 3.05) is 39.6 Å². The molecule has 0 aromatic carbocycles. The molecule has 0 fully saturated rings. The van der Waals surface area contributed by atoms with E-state index in [2.05, 4.69) is 55.4 Å². The van der Waals surface area contributed by atoms with Gasteiger partial charge in [0.15, 0.2) is 12.2 Å². The second kappa shape index (κ2) is 57.0. The average molecular weight is 1270 g/mol. The number of hydrogen-bond acceptors (Lipinski definition) is 15. The van der Waals surface area contributed by atoms with Crippen LogP contribution in [0.25, 0.3) is 0 Å². The summed E-state index contributed by atoms with van der Waals surface area (Å²) in [6.07, 6.45) is 37.6. The number of carbonyl (C=O) groups excluding carboxylic acids is 4. The number of hydrogen-bond donors (Lipinski definition) is 3. The monoisotopic (exact) mass is 1270 g/mol. The van der Waals surface area contributed by atoms with Crippen LogP contribution < -0.4 is 0 Å². The van der Waals surface area contributed by atoms with Gasteiger partial charge in [-0.2, -0.15) is 0 Å². The van der Waals surface area contributed by atoms with Gasteiger partial charge in [0.2, 0.25) is 0 Å². The van der Waals surface area contributed by atoms with Crippen LogP contribution in [-0.2, 0) is 65.4 Å². The van der Waals surface area contributed by atoms with Crippen LogP contribution in [0.15, 0.2) is 0 Å². The van der Waals surface area contributed by atoms with Gasteiger partial charge in [0.25, 0.3) is 0 Å². The summed E-state index contributed by atoms with van der Waals surface area (Å²) in [6, 6.07) is 0. The normalized spacial score (nSPS) is 15.0. The minimum atomic E-state index is -4.95. The smallest absolute Gasteiger partial charge is 0.462 e. The molecule has 5 unspecified atom stereocenters. The molecule has 17 nitrogen and oxygen atoms in total. The lowest BCUT2D eigenvalue weighted by molar-refractivity contribution is -0.161.